The van der Waals surface area contributed by atoms with E-state index in [-0.39, 0.29) is 24.3 Å². The van der Waals surface area contributed by atoms with Crippen molar-refractivity contribution in [2.45, 2.75) is 26.3 Å². The highest BCUT2D eigenvalue weighted by atomic mass is 16.5. The molecule has 1 aromatic heterocycles. The van der Waals surface area contributed by atoms with Gasteiger partial charge in [-0.3, -0.25) is 14.6 Å². The van der Waals surface area contributed by atoms with Gasteiger partial charge in [-0.1, -0.05) is 30.3 Å². The molecular formula is C19H22N2O3. The van der Waals surface area contributed by atoms with Crippen molar-refractivity contribution >= 4 is 11.9 Å². The van der Waals surface area contributed by atoms with Gasteiger partial charge in [0.15, 0.2) is 0 Å². The quantitative estimate of drug-likeness (QED) is 0.733. The second kappa shape index (κ2) is 8.82. The van der Waals surface area contributed by atoms with Gasteiger partial charge < -0.3 is 9.64 Å². The Bertz CT molecular complexity index is 659. The smallest absolute Gasteiger partial charge is 0.307 e. The summed E-state index contributed by atoms with van der Waals surface area (Å²) in [6.45, 7) is 4.35. The third-order valence-electron chi connectivity index (χ3n) is 3.78. The van der Waals surface area contributed by atoms with E-state index in [1.807, 2.05) is 37.3 Å². The lowest BCUT2D eigenvalue weighted by Crippen LogP contribution is -2.35. The van der Waals surface area contributed by atoms with E-state index >= 15 is 0 Å². The average Bonchev–Trinajstić information content (AvgIpc) is 2.63. The third-order valence-corrected chi connectivity index (χ3v) is 3.78. The Hall–Kier alpha value is -2.69. The van der Waals surface area contributed by atoms with Gasteiger partial charge in [-0.2, -0.15) is 0 Å². The van der Waals surface area contributed by atoms with Crippen LogP contribution in [0.4, 0.5) is 0 Å². The molecule has 2 rings (SSSR count). The first-order valence-corrected chi connectivity index (χ1v) is 8.05. The van der Waals surface area contributed by atoms with Crippen LogP contribution in [0.1, 0.15) is 42.2 Å². The maximum Gasteiger partial charge on any atom is 0.307 e. The maximum absolute atomic E-state index is 12.9. The van der Waals surface area contributed by atoms with Crippen molar-refractivity contribution < 1.29 is 14.3 Å². The molecular weight excluding hydrogens is 304 g/mol. The van der Waals surface area contributed by atoms with Crippen molar-refractivity contribution in [3.8, 4) is 0 Å². The van der Waals surface area contributed by atoms with Gasteiger partial charge in [0.05, 0.1) is 24.6 Å². The molecule has 0 aliphatic carbocycles. The predicted octanol–water partition coefficient (Wildman–Crippen LogP) is 3.24. The molecule has 0 aliphatic heterocycles. The van der Waals surface area contributed by atoms with Crippen LogP contribution in [0, 0.1) is 0 Å². The normalized spacial score (nSPS) is 11.6. The molecule has 5 heteroatoms. The summed E-state index contributed by atoms with van der Waals surface area (Å²) in [4.78, 5) is 30.2. The molecule has 0 spiro atoms. The van der Waals surface area contributed by atoms with E-state index in [1.165, 1.54) is 6.20 Å². The van der Waals surface area contributed by atoms with Crippen molar-refractivity contribution in [2.24, 2.45) is 0 Å². The first kappa shape index (κ1) is 17.7. The summed E-state index contributed by atoms with van der Waals surface area (Å²) in [5.74, 6) is -0.453. The summed E-state index contributed by atoms with van der Waals surface area (Å²) >= 11 is 0. The van der Waals surface area contributed by atoms with E-state index < -0.39 is 0 Å². The second-order valence-electron chi connectivity index (χ2n) is 5.38. The standard InChI is InChI=1S/C19H22N2O3/c1-3-24-18(22)11-13-21(15(2)16-8-5-4-6-9-16)19(23)17-10-7-12-20-14-17/h4-10,12,14-15H,3,11,13H2,1-2H3. The zero-order chi connectivity index (χ0) is 17.4. The molecule has 1 amide bonds. The van der Waals surface area contributed by atoms with Crippen LogP contribution in [-0.4, -0.2) is 34.9 Å². The number of esters is 1. The van der Waals surface area contributed by atoms with Gasteiger partial charge in [0.25, 0.3) is 5.91 Å². The molecule has 0 fully saturated rings. The van der Waals surface area contributed by atoms with Crippen LogP contribution < -0.4 is 0 Å². The van der Waals surface area contributed by atoms with E-state index in [0.29, 0.717) is 18.7 Å². The number of amides is 1. The Morgan fingerprint density at radius 2 is 1.92 bits per heavy atom. The first-order chi connectivity index (χ1) is 11.6. The summed E-state index contributed by atoms with van der Waals surface area (Å²) in [7, 11) is 0. The zero-order valence-electron chi connectivity index (χ0n) is 14.0. The maximum atomic E-state index is 12.9. The van der Waals surface area contributed by atoms with Crippen LogP contribution in [-0.2, 0) is 9.53 Å². The molecule has 126 valence electrons. The lowest BCUT2D eigenvalue weighted by atomic mass is 10.1. The van der Waals surface area contributed by atoms with E-state index in [9.17, 15) is 9.59 Å². The van der Waals surface area contributed by atoms with Gasteiger partial charge in [0, 0.05) is 18.9 Å². The van der Waals surface area contributed by atoms with Crippen LogP contribution in [0.2, 0.25) is 0 Å². The van der Waals surface area contributed by atoms with Crippen LogP contribution in [0.5, 0.6) is 0 Å². The Kier molecular flexibility index (Phi) is 6.49. The Labute approximate surface area is 142 Å². The molecule has 1 atom stereocenters. The third kappa shape index (κ3) is 4.65. The largest absolute Gasteiger partial charge is 0.466 e. The fourth-order valence-electron chi connectivity index (χ4n) is 2.48. The number of carbonyl (C=O) groups is 2. The lowest BCUT2D eigenvalue weighted by molar-refractivity contribution is -0.143. The summed E-state index contributed by atoms with van der Waals surface area (Å²) < 4.78 is 4.97. The molecule has 5 nitrogen and oxygen atoms in total. The molecule has 0 radical (unpaired) electrons. The number of benzene rings is 1. The van der Waals surface area contributed by atoms with Gasteiger partial charge in [0.1, 0.15) is 0 Å². The number of ether oxygens (including phenoxy) is 1. The van der Waals surface area contributed by atoms with Gasteiger partial charge in [0.2, 0.25) is 0 Å². The highest BCUT2D eigenvalue weighted by Crippen LogP contribution is 2.22. The predicted molar refractivity (Wildman–Crippen MR) is 91.4 cm³/mol. The molecule has 0 saturated heterocycles. The molecule has 0 saturated carbocycles. The number of pyridine rings is 1. The molecule has 1 aromatic carbocycles. The highest BCUT2D eigenvalue weighted by molar-refractivity contribution is 5.94. The van der Waals surface area contributed by atoms with Gasteiger partial charge in [-0.05, 0) is 31.5 Å². The minimum Gasteiger partial charge on any atom is -0.466 e. The summed E-state index contributed by atoms with van der Waals surface area (Å²) in [6, 6.07) is 13.0. The molecule has 24 heavy (non-hydrogen) atoms. The number of nitrogens with zero attached hydrogens (tertiary/aromatic N) is 2. The topological polar surface area (TPSA) is 59.5 Å². The van der Waals surface area contributed by atoms with Gasteiger partial charge in [-0.15, -0.1) is 0 Å². The molecule has 0 N–H and O–H groups in total. The van der Waals surface area contributed by atoms with Gasteiger partial charge in [-0.25, -0.2) is 0 Å². The minimum atomic E-state index is -0.304. The van der Waals surface area contributed by atoms with Crippen molar-refractivity contribution in [2.75, 3.05) is 13.2 Å². The fourth-order valence-corrected chi connectivity index (χ4v) is 2.48. The monoisotopic (exact) mass is 326 g/mol. The molecule has 2 aromatic rings. The van der Waals surface area contributed by atoms with Crippen molar-refractivity contribution in [1.29, 1.82) is 0 Å². The first-order valence-electron chi connectivity index (χ1n) is 8.05. The number of hydrogen-bond donors (Lipinski definition) is 0. The molecule has 1 heterocycles. The number of hydrogen-bond acceptors (Lipinski definition) is 4. The van der Waals surface area contributed by atoms with E-state index in [4.69, 9.17) is 4.74 Å². The van der Waals surface area contributed by atoms with Crippen molar-refractivity contribution in [3.63, 3.8) is 0 Å². The van der Waals surface area contributed by atoms with E-state index in [0.717, 1.165) is 5.56 Å². The number of rotatable bonds is 7. The zero-order valence-corrected chi connectivity index (χ0v) is 14.0. The van der Waals surface area contributed by atoms with Crippen LogP contribution >= 0.6 is 0 Å². The van der Waals surface area contributed by atoms with Crippen LogP contribution in [0.3, 0.4) is 0 Å². The second-order valence-corrected chi connectivity index (χ2v) is 5.38. The summed E-state index contributed by atoms with van der Waals surface area (Å²) in [5, 5.41) is 0. The Morgan fingerprint density at radius 1 is 1.17 bits per heavy atom. The van der Waals surface area contributed by atoms with Crippen LogP contribution in [0.25, 0.3) is 0 Å². The summed E-state index contributed by atoms with van der Waals surface area (Å²) in [6.07, 6.45) is 3.33. The molecule has 1 unspecified atom stereocenters. The minimum absolute atomic E-state index is 0.149. The molecule has 0 bridgehead atoms. The van der Waals surface area contributed by atoms with Crippen molar-refractivity contribution in [1.82, 2.24) is 9.88 Å². The van der Waals surface area contributed by atoms with E-state index in [2.05, 4.69) is 4.98 Å². The summed E-state index contributed by atoms with van der Waals surface area (Å²) in [5.41, 5.74) is 1.52. The number of aromatic nitrogens is 1. The van der Waals surface area contributed by atoms with E-state index in [1.54, 1.807) is 30.2 Å². The van der Waals surface area contributed by atoms with Gasteiger partial charge >= 0.3 is 5.97 Å². The fraction of sp³-hybridized carbons (Fsp3) is 0.316. The average molecular weight is 326 g/mol. The number of carbonyl (C=O) groups excluding carboxylic acids is 2. The highest BCUT2D eigenvalue weighted by Gasteiger charge is 2.23. The van der Waals surface area contributed by atoms with Crippen LogP contribution in [0.15, 0.2) is 54.9 Å². The lowest BCUT2D eigenvalue weighted by Gasteiger charge is -2.29. The Balaban J connectivity index is 2.20. The molecule has 0 aliphatic rings. The SMILES string of the molecule is CCOC(=O)CCN(C(=O)c1cccnc1)C(C)c1ccccc1. The Morgan fingerprint density at radius 3 is 2.54 bits per heavy atom. The van der Waals surface area contributed by atoms with Crippen molar-refractivity contribution in [3.05, 3.63) is 66.0 Å².